The molecule has 7 heteroatoms. The van der Waals surface area contributed by atoms with Gasteiger partial charge >= 0.3 is 0 Å². The van der Waals surface area contributed by atoms with Gasteiger partial charge in [0.15, 0.2) is 9.84 Å². The van der Waals surface area contributed by atoms with Crippen molar-refractivity contribution < 1.29 is 13.2 Å². The van der Waals surface area contributed by atoms with E-state index in [1.165, 1.54) is 22.9 Å². The summed E-state index contributed by atoms with van der Waals surface area (Å²) in [5, 5.41) is -0.468. The minimum Gasteiger partial charge on any atom is -0.398 e. The van der Waals surface area contributed by atoms with Crippen molar-refractivity contribution in [2.45, 2.75) is 31.2 Å². The van der Waals surface area contributed by atoms with Crippen LogP contribution in [0.4, 0.5) is 5.69 Å². The standard InChI is InChI=1S/C12H18N2O4S/c1-9-11(4-6-18-9)19(16,17)7-5-14-8-10(13)2-3-12(14)15/h2-3,8-9,11H,4-7,13H2,1H3. The second-order valence-electron chi connectivity index (χ2n) is 4.76. The minimum absolute atomic E-state index is 0.0747. The predicted octanol–water partition coefficient (Wildman–Crippen LogP) is 0.0227. The van der Waals surface area contributed by atoms with Gasteiger partial charge in [-0.05, 0) is 19.4 Å². The van der Waals surface area contributed by atoms with Crippen LogP contribution in [0.25, 0.3) is 0 Å². The number of pyridine rings is 1. The fourth-order valence-electron chi connectivity index (χ4n) is 2.29. The monoisotopic (exact) mass is 286 g/mol. The van der Waals surface area contributed by atoms with Crippen LogP contribution in [0.5, 0.6) is 0 Å². The quantitative estimate of drug-likeness (QED) is 0.842. The highest BCUT2D eigenvalue weighted by atomic mass is 32.2. The lowest BCUT2D eigenvalue weighted by molar-refractivity contribution is 0.126. The van der Waals surface area contributed by atoms with Crippen LogP contribution in [0.3, 0.4) is 0 Å². The van der Waals surface area contributed by atoms with Crippen LogP contribution >= 0.6 is 0 Å². The Morgan fingerprint density at radius 1 is 1.47 bits per heavy atom. The SMILES string of the molecule is CC1OCCC1S(=O)(=O)CCn1cc(N)ccc1=O. The van der Waals surface area contributed by atoms with Crippen LogP contribution in [-0.4, -0.2) is 36.7 Å². The van der Waals surface area contributed by atoms with Crippen molar-refractivity contribution in [3.63, 3.8) is 0 Å². The maximum atomic E-state index is 12.2. The molecule has 1 fully saturated rings. The summed E-state index contributed by atoms with van der Waals surface area (Å²) in [5.74, 6) is -0.0747. The number of nitrogens with zero attached hydrogens (tertiary/aromatic N) is 1. The molecule has 1 saturated heterocycles. The summed E-state index contributed by atoms with van der Waals surface area (Å²) >= 11 is 0. The topological polar surface area (TPSA) is 91.4 Å². The van der Waals surface area contributed by atoms with E-state index in [0.29, 0.717) is 18.7 Å². The van der Waals surface area contributed by atoms with Gasteiger partial charge in [-0.25, -0.2) is 8.42 Å². The molecule has 0 bridgehead atoms. The second kappa shape index (κ2) is 5.34. The minimum atomic E-state index is -3.26. The van der Waals surface area contributed by atoms with Gasteiger partial charge in [-0.15, -0.1) is 0 Å². The number of ether oxygens (including phenoxy) is 1. The molecular weight excluding hydrogens is 268 g/mol. The lowest BCUT2D eigenvalue weighted by Crippen LogP contribution is -2.33. The van der Waals surface area contributed by atoms with Crippen molar-refractivity contribution >= 4 is 15.5 Å². The van der Waals surface area contributed by atoms with E-state index in [1.54, 1.807) is 6.92 Å². The van der Waals surface area contributed by atoms with E-state index in [9.17, 15) is 13.2 Å². The largest absolute Gasteiger partial charge is 0.398 e. The molecule has 1 aliphatic heterocycles. The lowest BCUT2D eigenvalue weighted by Gasteiger charge is -2.15. The molecule has 2 heterocycles. The number of nitrogens with two attached hydrogens (primary N) is 1. The maximum Gasteiger partial charge on any atom is 0.250 e. The van der Waals surface area contributed by atoms with Crippen LogP contribution in [0.1, 0.15) is 13.3 Å². The molecule has 2 rings (SSSR count). The molecule has 0 radical (unpaired) electrons. The first-order chi connectivity index (χ1) is 8.90. The first-order valence-electron chi connectivity index (χ1n) is 6.19. The molecule has 6 nitrogen and oxygen atoms in total. The van der Waals surface area contributed by atoms with Crippen molar-refractivity contribution in [1.82, 2.24) is 4.57 Å². The molecule has 106 valence electrons. The summed E-state index contributed by atoms with van der Waals surface area (Å²) in [5.41, 5.74) is 5.77. The number of aryl methyl sites for hydroxylation is 1. The van der Waals surface area contributed by atoms with E-state index in [1.807, 2.05) is 0 Å². The van der Waals surface area contributed by atoms with E-state index >= 15 is 0 Å². The molecule has 2 atom stereocenters. The smallest absolute Gasteiger partial charge is 0.250 e. The van der Waals surface area contributed by atoms with Gasteiger partial charge in [0.1, 0.15) is 0 Å². The molecule has 2 N–H and O–H groups in total. The molecule has 1 aromatic heterocycles. The Kier molecular flexibility index (Phi) is 3.96. The van der Waals surface area contributed by atoms with Gasteiger partial charge in [-0.1, -0.05) is 0 Å². The van der Waals surface area contributed by atoms with Gasteiger partial charge in [-0.2, -0.15) is 0 Å². The summed E-state index contributed by atoms with van der Waals surface area (Å²) in [6.45, 7) is 2.36. The van der Waals surface area contributed by atoms with Gasteiger partial charge in [-0.3, -0.25) is 4.79 Å². The summed E-state index contributed by atoms with van der Waals surface area (Å²) in [7, 11) is -3.26. The molecule has 0 amide bonds. The Balaban J connectivity index is 2.09. The summed E-state index contributed by atoms with van der Waals surface area (Å²) in [6, 6.07) is 2.84. The third-order valence-electron chi connectivity index (χ3n) is 3.39. The molecule has 1 aromatic rings. The van der Waals surface area contributed by atoms with Gasteiger partial charge in [0.05, 0.1) is 17.1 Å². The van der Waals surface area contributed by atoms with Crippen LogP contribution < -0.4 is 11.3 Å². The van der Waals surface area contributed by atoms with E-state index < -0.39 is 15.1 Å². The molecule has 0 saturated carbocycles. The van der Waals surface area contributed by atoms with E-state index in [2.05, 4.69) is 0 Å². The molecule has 0 spiro atoms. The van der Waals surface area contributed by atoms with Gasteiger partial charge < -0.3 is 15.0 Å². The van der Waals surface area contributed by atoms with Crippen molar-refractivity contribution in [3.8, 4) is 0 Å². The fraction of sp³-hybridized carbons (Fsp3) is 0.583. The van der Waals surface area contributed by atoms with Crippen molar-refractivity contribution in [1.29, 1.82) is 0 Å². The van der Waals surface area contributed by atoms with Crippen molar-refractivity contribution in [2.24, 2.45) is 0 Å². The average Bonchev–Trinajstić information content (AvgIpc) is 2.78. The lowest BCUT2D eigenvalue weighted by atomic mass is 10.3. The normalized spacial score (nSPS) is 23.6. The number of anilines is 1. The Morgan fingerprint density at radius 2 is 2.21 bits per heavy atom. The number of sulfone groups is 1. The molecular formula is C12H18N2O4S. The number of hydrogen-bond donors (Lipinski definition) is 1. The Bertz CT molecular complexity index is 608. The summed E-state index contributed by atoms with van der Waals surface area (Å²) in [6.07, 6.45) is 1.71. The fourth-order valence-corrected chi connectivity index (χ4v) is 4.16. The molecule has 2 unspecified atom stereocenters. The zero-order chi connectivity index (χ0) is 14.0. The van der Waals surface area contributed by atoms with Gasteiger partial charge in [0.25, 0.3) is 5.56 Å². The van der Waals surface area contributed by atoms with Crippen LogP contribution in [-0.2, 0) is 21.1 Å². The third kappa shape index (κ3) is 3.16. The number of nitrogen functional groups attached to an aromatic ring is 1. The van der Waals surface area contributed by atoms with E-state index in [0.717, 1.165) is 0 Å². The number of aromatic nitrogens is 1. The molecule has 1 aliphatic rings. The zero-order valence-electron chi connectivity index (χ0n) is 10.8. The second-order valence-corrected chi connectivity index (χ2v) is 7.10. The highest BCUT2D eigenvalue weighted by Gasteiger charge is 2.35. The molecule has 0 aliphatic carbocycles. The van der Waals surface area contributed by atoms with Crippen LogP contribution in [0.15, 0.2) is 23.1 Å². The Morgan fingerprint density at radius 3 is 2.84 bits per heavy atom. The first kappa shape index (κ1) is 14.1. The third-order valence-corrected chi connectivity index (χ3v) is 5.68. The summed E-state index contributed by atoms with van der Waals surface area (Å²) < 4.78 is 31.0. The summed E-state index contributed by atoms with van der Waals surface area (Å²) in [4.78, 5) is 11.6. The first-order valence-corrected chi connectivity index (χ1v) is 7.91. The predicted molar refractivity (Wildman–Crippen MR) is 72.7 cm³/mol. The average molecular weight is 286 g/mol. The van der Waals surface area contributed by atoms with Crippen LogP contribution in [0, 0.1) is 0 Å². The van der Waals surface area contributed by atoms with Crippen molar-refractivity contribution in [2.75, 3.05) is 18.1 Å². The van der Waals surface area contributed by atoms with Gasteiger partial charge in [0.2, 0.25) is 0 Å². The van der Waals surface area contributed by atoms with Gasteiger partial charge in [0, 0.05) is 31.1 Å². The van der Waals surface area contributed by atoms with Crippen LogP contribution in [0.2, 0.25) is 0 Å². The number of rotatable bonds is 4. The zero-order valence-corrected chi connectivity index (χ0v) is 11.6. The van der Waals surface area contributed by atoms with Crippen molar-refractivity contribution in [3.05, 3.63) is 28.7 Å². The van der Waals surface area contributed by atoms with E-state index in [-0.39, 0.29) is 24.0 Å². The van der Waals surface area contributed by atoms with E-state index in [4.69, 9.17) is 10.5 Å². The Labute approximate surface area is 112 Å². The highest BCUT2D eigenvalue weighted by Crippen LogP contribution is 2.21. The maximum absolute atomic E-state index is 12.2. The molecule has 0 aromatic carbocycles. The highest BCUT2D eigenvalue weighted by molar-refractivity contribution is 7.92. The molecule has 19 heavy (non-hydrogen) atoms. The Hall–Kier alpha value is -1.34. The number of hydrogen-bond acceptors (Lipinski definition) is 5.